The van der Waals surface area contributed by atoms with Crippen molar-refractivity contribution in [3.8, 4) is 0 Å². The Balaban J connectivity index is 1.82. The van der Waals surface area contributed by atoms with Gasteiger partial charge in [-0.05, 0) is 0 Å². The second kappa shape index (κ2) is 5.67. The number of ether oxygens (including phenoxy) is 1. The maximum Gasteiger partial charge on any atom is 0.469 e. The SMILES string of the molecule is O=C1N=CN=C2C1=NC(=O)N2[C@H]1C[C@H](OP(=O)(O)O)[C@@H](CO)O1. The molecule has 3 N–H and O–H groups in total. The van der Waals surface area contributed by atoms with Crippen LogP contribution in [0, 0.1) is 0 Å². The van der Waals surface area contributed by atoms with E-state index in [9.17, 15) is 19.3 Å². The zero-order valence-electron chi connectivity index (χ0n) is 11.3. The van der Waals surface area contributed by atoms with Gasteiger partial charge in [0.1, 0.15) is 24.8 Å². The molecule has 12 nitrogen and oxygen atoms in total. The van der Waals surface area contributed by atoms with Crippen LogP contribution in [0.5, 0.6) is 0 Å². The number of aliphatic hydroxyl groups excluding tert-OH is 1. The molecule has 3 aliphatic heterocycles. The van der Waals surface area contributed by atoms with Gasteiger partial charge >= 0.3 is 19.8 Å². The molecule has 3 atom stereocenters. The molecule has 0 spiro atoms. The number of nitrogens with zero attached hydrogens (tertiary/aromatic N) is 4. The highest BCUT2D eigenvalue weighted by molar-refractivity contribution is 7.46. The average molecular weight is 346 g/mol. The Hall–Kier alpha value is -1.82. The number of amides is 3. The standard InChI is InChI=1S/C10H11N4O8P/c15-2-5-4(22-23(18,19)20)1-6(21-5)14-8-7(13-10(14)17)9(16)12-3-11-8/h3-6,15H,1-2H2,(H2,18,19,20)/t4-,5+,6+/m0/s1. The number of aliphatic hydroxyl groups is 1. The number of rotatable bonds is 4. The van der Waals surface area contributed by atoms with Crippen molar-refractivity contribution in [3.05, 3.63) is 0 Å². The Morgan fingerprint density at radius 1 is 1.43 bits per heavy atom. The maximum atomic E-state index is 12.0. The van der Waals surface area contributed by atoms with Gasteiger partial charge in [-0.3, -0.25) is 9.32 Å². The fraction of sp³-hybridized carbons (Fsp3) is 0.500. The van der Waals surface area contributed by atoms with Crippen molar-refractivity contribution in [2.45, 2.75) is 24.9 Å². The highest BCUT2D eigenvalue weighted by atomic mass is 31.2. The molecule has 0 aromatic heterocycles. The largest absolute Gasteiger partial charge is 0.469 e. The van der Waals surface area contributed by atoms with Gasteiger partial charge in [0.05, 0.1) is 6.61 Å². The number of carbonyl (C=O) groups excluding carboxylic acids is 2. The Labute approximate surface area is 128 Å². The van der Waals surface area contributed by atoms with E-state index in [1.165, 1.54) is 0 Å². The molecule has 0 aliphatic carbocycles. The summed E-state index contributed by atoms with van der Waals surface area (Å²) in [5.74, 6) is -0.793. The van der Waals surface area contributed by atoms with Crippen LogP contribution in [-0.2, 0) is 18.6 Å². The number of hydrogen-bond donors (Lipinski definition) is 3. The Morgan fingerprint density at radius 3 is 2.83 bits per heavy atom. The highest BCUT2D eigenvalue weighted by Crippen LogP contribution is 2.42. The Morgan fingerprint density at radius 2 is 2.17 bits per heavy atom. The predicted molar refractivity (Wildman–Crippen MR) is 72.9 cm³/mol. The summed E-state index contributed by atoms with van der Waals surface area (Å²) in [7, 11) is -4.81. The number of phosphoric ester groups is 1. The summed E-state index contributed by atoms with van der Waals surface area (Å²) in [5, 5.41) is 9.24. The summed E-state index contributed by atoms with van der Waals surface area (Å²) in [6.45, 7) is -0.580. The molecular weight excluding hydrogens is 335 g/mol. The minimum absolute atomic E-state index is 0.0616. The molecule has 0 aromatic rings. The van der Waals surface area contributed by atoms with E-state index in [2.05, 4.69) is 19.5 Å². The van der Waals surface area contributed by atoms with E-state index in [-0.39, 0.29) is 18.0 Å². The molecular formula is C10H11N4O8P. The Kier molecular flexibility index (Phi) is 3.96. The first-order chi connectivity index (χ1) is 10.8. The molecule has 0 bridgehead atoms. The number of hydrogen-bond acceptors (Lipinski definition) is 7. The molecule has 13 heteroatoms. The lowest BCUT2D eigenvalue weighted by Gasteiger charge is -2.23. The summed E-state index contributed by atoms with van der Waals surface area (Å²) >= 11 is 0. The molecule has 23 heavy (non-hydrogen) atoms. The monoisotopic (exact) mass is 346 g/mol. The van der Waals surface area contributed by atoms with Gasteiger partial charge in [0.25, 0.3) is 0 Å². The van der Waals surface area contributed by atoms with Crippen LogP contribution in [0.3, 0.4) is 0 Å². The van der Waals surface area contributed by atoms with E-state index in [0.717, 1.165) is 11.2 Å². The van der Waals surface area contributed by atoms with E-state index in [1.54, 1.807) is 0 Å². The lowest BCUT2D eigenvalue weighted by molar-refractivity contribution is -0.111. The highest BCUT2D eigenvalue weighted by Gasteiger charge is 2.48. The molecule has 0 saturated carbocycles. The summed E-state index contributed by atoms with van der Waals surface area (Å²) < 4.78 is 20.9. The number of phosphoric acid groups is 1. The molecule has 3 rings (SSSR count). The van der Waals surface area contributed by atoms with Gasteiger partial charge in [-0.2, -0.15) is 9.98 Å². The molecule has 0 unspecified atom stereocenters. The van der Waals surface area contributed by atoms with Crippen LogP contribution in [0.4, 0.5) is 4.79 Å². The lowest BCUT2D eigenvalue weighted by Crippen LogP contribution is -2.44. The van der Waals surface area contributed by atoms with Gasteiger partial charge in [-0.25, -0.2) is 19.3 Å². The molecule has 3 heterocycles. The van der Waals surface area contributed by atoms with Crippen LogP contribution in [0.1, 0.15) is 6.42 Å². The van der Waals surface area contributed by atoms with Crippen LogP contribution >= 0.6 is 7.82 Å². The second-order valence-electron chi connectivity index (χ2n) is 4.80. The van der Waals surface area contributed by atoms with E-state index >= 15 is 0 Å². The van der Waals surface area contributed by atoms with Crippen molar-refractivity contribution in [1.82, 2.24) is 4.90 Å². The van der Waals surface area contributed by atoms with Crippen molar-refractivity contribution in [2.24, 2.45) is 15.0 Å². The Bertz CT molecular complexity index is 697. The van der Waals surface area contributed by atoms with Crippen LogP contribution in [-0.4, -0.2) is 74.7 Å². The van der Waals surface area contributed by atoms with Crippen molar-refractivity contribution >= 4 is 37.6 Å². The first kappa shape index (κ1) is 16.1. The van der Waals surface area contributed by atoms with Crippen LogP contribution in [0.25, 0.3) is 0 Å². The van der Waals surface area contributed by atoms with Crippen molar-refractivity contribution in [1.29, 1.82) is 0 Å². The normalized spacial score (nSPS) is 30.6. The van der Waals surface area contributed by atoms with Gasteiger partial charge in [0.15, 0.2) is 11.5 Å². The van der Waals surface area contributed by atoms with Gasteiger partial charge in [0.2, 0.25) is 0 Å². The van der Waals surface area contributed by atoms with E-state index in [0.29, 0.717) is 0 Å². The van der Waals surface area contributed by atoms with Crippen molar-refractivity contribution in [3.63, 3.8) is 0 Å². The first-order valence-corrected chi connectivity index (χ1v) is 7.90. The average Bonchev–Trinajstić information content (AvgIpc) is 2.98. The van der Waals surface area contributed by atoms with E-state index < -0.39 is 44.8 Å². The topological polar surface area (TPSA) is 171 Å². The molecule has 1 saturated heterocycles. The number of carbonyl (C=O) groups is 2. The van der Waals surface area contributed by atoms with Crippen molar-refractivity contribution in [2.75, 3.05) is 6.61 Å². The predicted octanol–water partition coefficient (Wildman–Crippen LogP) is -1.58. The molecule has 0 aromatic carbocycles. The molecule has 1 fully saturated rings. The molecule has 0 radical (unpaired) electrons. The minimum Gasteiger partial charge on any atom is -0.394 e. The third-order valence-electron chi connectivity index (χ3n) is 3.33. The third kappa shape index (κ3) is 3.00. The summed E-state index contributed by atoms with van der Waals surface area (Å²) in [6, 6.07) is -0.823. The maximum absolute atomic E-state index is 12.0. The zero-order chi connectivity index (χ0) is 16.8. The van der Waals surface area contributed by atoms with Gasteiger partial charge in [0, 0.05) is 6.42 Å². The fourth-order valence-corrected chi connectivity index (χ4v) is 3.01. The van der Waals surface area contributed by atoms with E-state index in [4.69, 9.17) is 14.5 Å². The molecule has 3 amide bonds. The van der Waals surface area contributed by atoms with Crippen LogP contribution in [0.2, 0.25) is 0 Å². The van der Waals surface area contributed by atoms with Gasteiger partial charge in [-0.15, -0.1) is 0 Å². The first-order valence-electron chi connectivity index (χ1n) is 6.37. The number of urea groups is 1. The fourth-order valence-electron chi connectivity index (χ4n) is 2.44. The van der Waals surface area contributed by atoms with Gasteiger partial charge in [-0.1, -0.05) is 0 Å². The minimum atomic E-state index is -4.81. The summed E-state index contributed by atoms with van der Waals surface area (Å²) in [6.07, 6.45) is -2.43. The number of aliphatic imine (C=N–C) groups is 3. The van der Waals surface area contributed by atoms with Crippen molar-refractivity contribution < 1.29 is 38.3 Å². The quantitative estimate of drug-likeness (QED) is 0.512. The summed E-state index contributed by atoms with van der Waals surface area (Å²) in [4.78, 5) is 53.0. The van der Waals surface area contributed by atoms with Crippen LogP contribution < -0.4 is 0 Å². The zero-order valence-corrected chi connectivity index (χ0v) is 12.2. The smallest absolute Gasteiger partial charge is 0.394 e. The third-order valence-corrected chi connectivity index (χ3v) is 3.88. The number of amidine groups is 1. The number of fused-ring (bicyclic) bond motifs is 1. The lowest BCUT2D eigenvalue weighted by atomic mass is 10.2. The van der Waals surface area contributed by atoms with Gasteiger partial charge < -0.3 is 19.6 Å². The molecule has 3 aliphatic rings. The summed E-state index contributed by atoms with van der Waals surface area (Å²) in [5.41, 5.74) is -0.235. The van der Waals surface area contributed by atoms with E-state index in [1.807, 2.05) is 0 Å². The molecule has 124 valence electrons. The van der Waals surface area contributed by atoms with Crippen LogP contribution in [0.15, 0.2) is 15.0 Å². The second-order valence-corrected chi connectivity index (χ2v) is 5.99.